The molecule has 1 aliphatic rings. The standard InChI is InChI=1S/C18H22N2/c1-15-6-5-9-17(12-15)18-14-20(11-10-19-18)13-16-7-3-2-4-8-16/h2-9,12,18-19H,10-11,13-14H2,1H3. The predicted octanol–water partition coefficient (Wildman–Crippen LogP) is 3.14. The van der Waals surface area contributed by atoms with Crippen molar-refractivity contribution < 1.29 is 0 Å². The van der Waals surface area contributed by atoms with Crippen molar-refractivity contribution in [3.05, 3.63) is 71.3 Å². The van der Waals surface area contributed by atoms with E-state index in [4.69, 9.17) is 0 Å². The maximum Gasteiger partial charge on any atom is 0.0449 e. The van der Waals surface area contributed by atoms with Crippen molar-refractivity contribution in [2.75, 3.05) is 19.6 Å². The van der Waals surface area contributed by atoms with E-state index < -0.39 is 0 Å². The average molecular weight is 266 g/mol. The number of hydrogen-bond acceptors (Lipinski definition) is 2. The van der Waals surface area contributed by atoms with E-state index in [2.05, 4.69) is 71.7 Å². The number of benzene rings is 2. The number of nitrogens with one attached hydrogen (secondary N) is 1. The Morgan fingerprint density at radius 1 is 1.10 bits per heavy atom. The molecule has 104 valence electrons. The fourth-order valence-electron chi connectivity index (χ4n) is 2.91. The van der Waals surface area contributed by atoms with Gasteiger partial charge in [0.15, 0.2) is 0 Å². The van der Waals surface area contributed by atoms with Gasteiger partial charge in [-0.15, -0.1) is 0 Å². The van der Waals surface area contributed by atoms with Crippen LogP contribution in [0.1, 0.15) is 22.7 Å². The number of aryl methyl sites for hydroxylation is 1. The molecule has 0 bridgehead atoms. The topological polar surface area (TPSA) is 15.3 Å². The molecule has 1 heterocycles. The summed E-state index contributed by atoms with van der Waals surface area (Å²) in [6.45, 7) is 6.47. The normalized spacial score (nSPS) is 19.9. The van der Waals surface area contributed by atoms with Gasteiger partial charge < -0.3 is 5.32 Å². The molecule has 1 fully saturated rings. The third-order valence-corrected chi connectivity index (χ3v) is 3.95. The Morgan fingerprint density at radius 2 is 1.95 bits per heavy atom. The van der Waals surface area contributed by atoms with Crippen molar-refractivity contribution in [2.45, 2.75) is 19.5 Å². The van der Waals surface area contributed by atoms with E-state index in [1.807, 2.05) is 0 Å². The lowest BCUT2D eigenvalue weighted by Gasteiger charge is -2.34. The first-order chi connectivity index (χ1) is 9.81. The van der Waals surface area contributed by atoms with Crippen LogP contribution in [0.15, 0.2) is 54.6 Å². The van der Waals surface area contributed by atoms with Gasteiger partial charge in [-0.3, -0.25) is 4.90 Å². The summed E-state index contributed by atoms with van der Waals surface area (Å²) < 4.78 is 0. The van der Waals surface area contributed by atoms with Crippen LogP contribution < -0.4 is 5.32 Å². The minimum atomic E-state index is 0.451. The largest absolute Gasteiger partial charge is 0.308 e. The zero-order valence-corrected chi connectivity index (χ0v) is 12.0. The Labute approximate surface area is 121 Å². The van der Waals surface area contributed by atoms with Gasteiger partial charge >= 0.3 is 0 Å². The number of hydrogen-bond donors (Lipinski definition) is 1. The molecule has 1 unspecified atom stereocenters. The molecule has 0 saturated carbocycles. The molecule has 0 aromatic heterocycles. The zero-order chi connectivity index (χ0) is 13.8. The second kappa shape index (κ2) is 6.21. The molecular weight excluding hydrogens is 244 g/mol. The molecular formula is C18H22N2. The van der Waals surface area contributed by atoms with Gasteiger partial charge in [-0.1, -0.05) is 60.2 Å². The van der Waals surface area contributed by atoms with Crippen LogP contribution in [-0.4, -0.2) is 24.5 Å². The molecule has 1 atom stereocenters. The summed E-state index contributed by atoms with van der Waals surface area (Å²) in [6.07, 6.45) is 0. The summed E-state index contributed by atoms with van der Waals surface area (Å²) >= 11 is 0. The van der Waals surface area contributed by atoms with E-state index in [9.17, 15) is 0 Å². The van der Waals surface area contributed by atoms with Crippen molar-refractivity contribution in [2.24, 2.45) is 0 Å². The second-order valence-corrected chi connectivity index (χ2v) is 5.64. The molecule has 0 amide bonds. The van der Waals surface area contributed by atoms with E-state index >= 15 is 0 Å². The SMILES string of the molecule is Cc1cccc(C2CN(Cc3ccccc3)CCN2)c1. The van der Waals surface area contributed by atoms with Crippen LogP contribution in [0.5, 0.6) is 0 Å². The van der Waals surface area contributed by atoms with Crippen molar-refractivity contribution in [3.8, 4) is 0 Å². The van der Waals surface area contributed by atoms with Crippen LogP contribution in [0, 0.1) is 6.92 Å². The van der Waals surface area contributed by atoms with Gasteiger partial charge in [0, 0.05) is 32.2 Å². The van der Waals surface area contributed by atoms with Crippen LogP contribution >= 0.6 is 0 Å². The summed E-state index contributed by atoms with van der Waals surface area (Å²) in [6, 6.07) is 20.0. The summed E-state index contributed by atoms with van der Waals surface area (Å²) in [7, 11) is 0. The van der Waals surface area contributed by atoms with Gasteiger partial charge in [0.1, 0.15) is 0 Å². The van der Waals surface area contributed by atoms with Crippen LogP contribution in [0.3, 0.4) is 0 Å². The quantitative estimate of drug-likeness (QED) is 0.918. The molecule has 1 N–H and O–H groups in total. The Hall–Kier alpha value is -1.64. The molecule has 0 aliphatic carbocycles. The maximum atomic E-state index is 3.64. The first kappa shape index (κ1) is 13.3. The van der Waals surface area contributed by atoms with Crippen LogP contribution in [0.2, 0.25) is 0 Å². The smallest absolute Gasteiger partial charge is 0.0449 e. The lowest BCUT2D eigenvalue weighted by atomic mass is 10.0. The molecule has 3 rings (SSSR count). The fourth-order valence-corrected chi connectivity index (χ4v) is 2.91. The third-order valence-electron chi connectivity index (χ3n) is 3.95. The van der Waals surface area contributed by atoms with Crippen molar-refractivity contribution >= 4 is 0 Å². The molecule has 0 spiro atoms. The van der Waals surface area contributed by atoms with Crippen molar-refractivity contribution in [3.63, 3.8) is 0 Å². The van der Waals surface area contributed by atoms with Gasteiger partial charge in [-0.2, -0.15) is 0 Å². The lowest BCUT2D eigenvalue weighted by molar-refractivity contribution is 0.193. The monoisotopic (exact) mass is 266 g/mol. The van der Waals surface area contributed by atoms with Gasteiger partial charge in [-0.25, -0.2) is 0 Å². The highest BCUT2D eigenvalue weighted by atomic mass is 15.2. The minimum absolute atomic E-state index is 0.451. The third kappa shape index (κ3) is 3.27. The molecule has 0 radical (unpaired) electrons. The molecule has 20 heavy (non-hydrogen) atoms. The Balaban J connectivity index is 1.67. The second-order valence-electron chi connectivity index (χ2n) is 5.64. The molecule has 2 heteroatoms. The van der Waals surface area contributed by atoms with Crippen LogP contribution in [-0.2, 0) is 6.54 Å². The van der Waals surface area contributed by atoms with Crippen molar-refractivity contribution in [1.29, 1.82) is 0 Å². The Kier molecular flexibility index (Phi) is 4.14. The molecule has 1 saturated heterocycles. The maximum absolute atomic E-state index is 3.64. The highest BCUT2D eigenvalue weighted by Crippen LogP contribution is 2.19. The number of rotatable bonds is 3. The van der Waals surface area contributed by atoms with Crippen molar-refractivity contribution in [1.82, 2.24) is 10.2 Å². The Bertz CT molecular complexity index is 550. The molecule has 2 aromatic rings. The van der Waals surface area contributed by atoms with Gasteiger partial charge in [0.25, 0.3) is 0 Å². The average Bonchev–Trinajstić information content (AvgIpc) is 2.49. The molecule has 1 aliphatic heterocycles. The van der Waals surface area contributed by atoms with Crippen LogP contribution in [0.25, 0.3) is 0 Å². The summed E-state index contributed by atoms with van der Waals surface area (Å²) in [5, 5.41) is 3.64. The lowest BCUT2D eigenvalue weighted by Crippen LogP contribution is -2.45. The summed E-state index contributed by atoms with van der Waals surface area (Å²) in [5.41, 5.74) is 4.14. The van der Waals surface area contributed by atoms with Gasteiger partial charge in [0.05, 0.1) is 0 Å². The predicted molar refractivity (Wildman–Crippen MR) is 83.6 cm³/mol. The van der Waals surface area contributed by atoms with E-state index in [0.717, 1.165) is 26.2 Å². The van der Waals surface area contributed by atoms with E-state index in [1.165, 1.54) is 16.7 Å². The highest BCUT2D eigenvalue weighted by Gasteiger charge is 2.20. The first-order valence-corrected chi connectivity index (χ1v) is 7.37. The zero-order valence-electron chi connectivity index (χ0n) is 12.0. The molecule has 2 aromatic carbocycles. The first-order valence-electron chi connectivity index (χ1n) is 7.37. The van der Waals surface area contributed by atoms with E-state index in [1.54, 1.807) is 0 Å². The summed E-state index contributed by atoms with van der Waals surface area (Å²) in [4.78, 5) is 2.54. The highest BCUT2D eigenvalue weighted by molar-refractivity contribution is 5.26. The number of piperazine rings is 1. The number of nitrogens with zero attached hydrogens (tertiary/aromatic N) is 1. The van der Waals surface area contributed by atoms with E-state index in [0.29, 0.717) is 6.04 Å². The molecule has 2 nitrogen and oxygen atoms in total. The van der Waals surface area contributed by atoms with Crippen LogP contribution in [0.4, 0.5) is 0 Å². The van der Waals surface area contributed by atoms with E-state index in [-0.39, 0.29) is 0 Å². The summed E-state index contributed by atoms with van der Waals surface area (Å²) in [5.74, 6) is 0. The fraction of sp³-hybridized carbons (Fsp3) is 0.333. The Morgan fingerprint density at radius 3 is 2.75 bits per heavy atom. The minimum Gasteiger partial charge on any atom is -0.308 e. The van der Waals surface area contributed by atoms with Gasteiger partial charge in [0.2, 0.25) is 0 Å². The van der Waals surface area contributed by atoms with Gasteiger partial charge in [-0.05, 0) is 18.1 Å².